The molecule has 0 aromatic heterocycles. The van der Waals surface area contributed by atoms with Gasteiger partial charge in [0.25, 0.3) is 0 Å². The maximum absolute atomic E-state index is 13.4. The van der Waals surface area contributed by atoms with Gasteiger partial charge in [-0.05, 0) is 37.3 Å². The van der Waals surface area contributed by atoms with Gasteiger partial charge >= 0.3 is 0 Å². The molecule has 5 nitrogen and oxygen atoms in total. The van der Waals surface area contributed by atoms with E-state index in [1.807, 2.05) is 6.92 Å². The Bertz CT molecular complexity index is 734. The quantitative estimate of drug-likeness (QED) is 0.885. The lowest BCUT2D eigenvalue weighted by molar-refractivity contribution is -0.120. The molecule has 0 bridgehead atoms. The standard InChI is InChI=1S/C18H19FN2O3/c1-3-24-17-10-5-4-9-16(17)20-18(23)12-21(13(2)22)15-8-6-7-14(19)11-15/h4-11H,3,12H2,1-2H3,(H,20,23). The van der Waals surface area contributed by atoms with E-state index in [4.69, 9.17) is 4.74 Å². The van der Waals surface area contributed by atoms with Crippen LogP contribution in [0.3, 0.4) is 0 Å². The highest BCUT2D eigenvalue weighted by Gasteiger charge is 2.17. The first kappa shape index (κ1) is 17.5. The van der Waals surface area contributed by atoms with Crippen molar-refractivity contribution in [2.45, 2.75) is 13.8 Å². The minimum Gasteiger partial charge on any atom is -0.492 e. The molecule has 1 N–H and O–H groups in total. The number of rotatable bonds is 6. The molecular weight excluding hydrogens is 311 g/mol. The lowest BCUT2D eigenvalue weighted by Gasteiger charge is -2.21. The SMILES string of the molecule is CCOc1ccccc1NC(=O)CN(C(C)=O)c1cccc(F)c1. The van der Waals surface area contributed by atoms with Gasteiger partial charge in [-0.1, -0.05) is 18.2 Å². The summed E-state index contributed by atoms with van der Waals surface area (Å²) in [6, 6.07) is 12.6. The predicted octanol–water partition coefficient (Wildman–Crippen LogP) is 3.22. The third-order valence-electron chi connectivity index (χ3n) is 3.26. The molecule has 0 saturated carbocycles. The lowest BCUT2D eigenvalue weighted by atomic mass is 10.2. The smallest absolute Gasteiger partial charge is 0.244 e. The summed E-state index contributed by atoms with van der Waals surface area (Å²) in [4.78, 5) is 25.3. The Morgan fingerprint density at radius 3 is 2.58 bits per heavy atom. The van der Waals surface area contributed by atoms with E-state index in [1.54, 1.807) is 30.3 Å². The molecular formula is C18H19FN2O3. The third kappa shape index (κ3) is 4.55. The molecule has 0 heterocycles. The number of benzene rings is 2. The topological polar surface area (TPSA) is 58.6 Å². The van der Waals surface area contributed by atoms with Crippen LogP contribution in [-0.4, -0.2) is 25.0 Å². The molecule has 0 aliphatic rings. The summed E-state index contributed by atoms with van der Waals surface area (Å²) in [7, 11) is 0. The number of hydrogen-bond donors (Lipinski definition) is 1. The zero-order valence-electron chi connectivity index (χ0n) is 13.6. The van der Waals surface area contributed by atoms with Crippen LogP contribution >= 0.6 is 0 Å². The molecule has 0 spiro atoms. The zero-order valence-corrected chi connectivity index (χ0v) is 13.6. The fraction of sp³-hybridized carbons (Fsp3) is 0.222. The average Bonchev–Trinajstić information content (AvgIpc) is 2.54. The Hall–Kier alpha value is -2.89. The summed E-state index contributed by atoms with van der Waals surface area (Å²) in [6.07, 6.45) is 0. The molecule has 2 rings (SSSR count). The number of para-hydroxylation sites is 2. The fourth-order valence-corrected chi connectivity index (χ4v) is 2.21. The molecule has 0 unspecified atom stereocenters. The molecule has 0 atom stereocenters. The molecule has 0 aliphatic heterocycles. The lowest BCUT2D eigenvalue weighted by Crippen LogP contribution is -2.36. The summed E-state index contributed by atoms with van der Waals surface area (Å²) in [5, 5.41) is 2.71. The van der Waals surface area contributed by atoms with Crippen LogP contribution in [0.25, 0.3) is 0 Å². The summed E-state index contributed by atoms with van der Waals surface area (Å²) >= 11 is 0. The van der Waals surface area contributed by atoms with Gasteiger partial charge in [0, 0.05) is 12.6 Å². The van der Waals surface area contributed by atoms with Gasteiger partial charge in [-0.3, -0.25) is 9.59 Å². The van der Waals surface area contributed by atoms with Gasteiger partial charge in [0.05, 0.1) is 12.3 Å². The third-order valence-corrected chi connectivity index (χ3v) is 3.26. The van der Waals surface area contributed by atoms with E-state index in [2.05, 4.69) is 5.32 Å². The van der Waals surface area contributed by atoms with Crippen LogP contribution in [-0.2, 0) is 9.59 Å². The van der Waals surface area contributed by atoms with Crippen molar-refractivity contribution in [3.63, 3.8) is 0 Å². The zero-order chi connectivity index (χ0) is 17.5. The van der Waals surface area contributed by atoms with Crippen LogP contribution in [0.15, 0.2) is 48.5 Å². The van der Waals surface area contributed by atoms with Crippen LogP contribution in [0.4, 0.5) is 15.8 Å². The second-order valence-electron chi connectivity index (χ2n) is 5.06. The average molecular weight is 330 g/mol. The Morgan fingerprint density at radius 1 is 1.17 bits per heavy atom. The maximum atomic E-state index is 13.4. The Balaban J connectivity index is 2.13. The van der Waals surface area contributed by atoms with Crippen molar-refractivity contribution >= 4 is 23.2 Å². The molecule has 126 valence electrons. The van der Waals surface area contributed by atoms with Crippen molar-refractivity contribution in [3.05, 3.63) is 54.3 Å². The Labute approximate surface area is 140 Å². The summed E-state index contributed by atoms with van der Waals surface area (Å²) in [5.74, 6) is -0.676. The van der Waals surface area contributed by atoms with Gasteiger partial charge in [-0.15, -0.1) is 0 Å². The van der Waals surface area contributed by atoms with Crippen LogP contribution in [0.1, 0.15) is 13.8 Å². The molecule has 0 saturated heterocycles. The van der Waals surface area contributed by atoms with Crippen molar-refractivity contribution in [2.75, 3.05) is 23.4 Å². The molecule has 2 amide bonds. The Morgan fingerprint density at radius 2 is 1.92 bits per heavy atom. The number of carbonyl (C=O) groups is 2. The highest BCUT2D eigenvalue weighted by atomic mass is 19.1. The number of anilines is 2. The van der Waals surface area contributed by atoms with Gasteiger partial charge < -0.3 is 15.0 Å². The molecule has 24 heavy (non-hydrogen) atoms. The maximum Gasteiger partial charge on any atom is 0.244 e. The van der Waals surface area contributed by atoms with Crippen molar-refractivity contribution in [1.82, 2.24) is 0 Å². The number of halogens is 1. The number of amides is 2. The number of nitrogens with zero attached hydrogens (tertiary/aromatic N) is 1. The minimum absolute atomic E-state index is 0.223. The van der Waals surface area contributed by atoms with E-state index in [-0.39, 0.29) is 12.5 Å². The van der Waals surface area contributed by atoms with Crippen molar-refractivity contribution in [3.8, 4) is 5.75 Å². The van der Waals surface area contributed by atoms with E-state index in [0.717, 1.165) is 0 Å². The second kappa shape index (κ2) is 8.10. The van der Waals surface area contributed by atoms with Gasteiger partial charge in [0.15, 0.2) is 0 Å². The number of carbonyl (C=O) groups excluding carboxylic acids is 2. The summed E-state index contributed by atoms with van der Waals surface area (Å²) in [5.41, 5.74) is 0.850. The highest BCUT2D eigenvalue weighted by molar-refractivity contribution is 6.02. The molecule has 0 aliphatic carbocycles. The summed E-state index contributed by atoms with van der Waals surface area (Å²) < 4.78 is 18.8. The molecule has 0 radical (unpaired) electrons. The molecule has 2 aromatic rings. The van der Waals surface area contributed by atoms with Crippen molar-refractivity contribution in [1.29, 1.82) is 0 Å². The Kier molecular flexibility index (Phi) is 5.89. The van der Waals surface area contributed by atoms with E-state index < -0.39 is 11.7 Å². The molecule has 0 fully saturated rings. The molecule has 2 aromatic carbocycles. The second-order valence-corrected chi connectivity index (χ2v) is 5.06. The van der Waals surface area contributed by atoms with Crippen LogP contribution < -0.4 is 15.0 Å². The van der Waals surface area contributed by atoms with Gasteiger partial charge in [-0.2, -0.15) is 0 Å². The summed E-state index contributed by atoms with van der Waals surface area (Å²) in [6.45, 7) is 3.42. The number of ether oxygens (including phenoxy) is 1. The van der Waals surface area contributed by atoms with Gasteiger partial charge in [-0.25, -0.2) is 4.39 Å². The highest BCUT2D eigenvalue weighted by Crippen LogP contribution is 2.24. The van der Waals surface area contributed by atoms with Gasteiger partial charge in [0.2, 0.25) is 11.8 Å². The first-order valence-corrected chi connectivity index (χ1v) is 7.56. The van der Waals surface area contributed by atoms with Crippen LogP contribution in [0.2, 0.25) is 0 Å². The van der Waals surface area contributed by atoms with E-state index in [9.17, 15) is 14.0 Å². The van der Waals surface area contributed by atoms with E-state index >= 15 is 0 Å². The van der Waals surface area contributed by atoms with Crippen LogP contribution in [0.5, 0.6) is 5.75 Å². The van der Waals surface area contributed by atoms with Crippen molar-refractivity contribution in [2.24, 2.45) is 0 Å². The fourth-order valence-electron chi connectivity index (χ4n) is 2.21. The van der Waals surface area contributed by atoms with Crippen LogP contribution in [0, 0.1) is 5.82 Å². The van der Waals surface area contributed by atoms with E-state index in [1.165, 1.54) is 30.0 Å². The van der Waals surface area contributed by atoms with Crippen molar-refractivity contribution < 1.29 is 18.7 Å². The number of nitrogens with one attached hydrogen (secondary N) is 1. The first-order valence-electron chi connectivity index (χ1n) is 7.56. The largest absolute Gasteiger partial charge is 0.492 e. The molecule has 6 heteroatoms. The first-order chi connectivity index (χ1) is 11.5. The normalized spacial score (nSPS) is 10.1. The minimum atomic E-state index is -0.471. The predicted molar refractivity (Wildman–Crippen MR) is 90.7 cm³/mol. The monoisotopic (exact) mass is 330 g/mol. The van der Waals surface area contributed by atoms with Gasteiger partial charge in [0.1, 0.15) is 18.1 Å². The number of hydrogen-bond acceptors (Lipinski definition) is 3. The van der Waals surface area contributed by atoms with E-state index in [0.29, 0.717) is 23.7 Å².